The smallest absolute Gasteiger partial charge is 0.243 e. The fourth-order valence-corrected chi connectivity index (χ4v) is 5.60. The molecule has 0 spiro atoms. The Balaban J connectivity index is 1.31. The Hall–Kier alpha value is -2.25. The highest BCUT2D eigenvalue weighted by Crippen LogP contribution is 2.41. The minimum Gasteiger partial charge on any atom is -0.472 e. The van der Waals surface area contributed by atoms with E-state index < -0.39 is 6.04 Å². The molecule has 2 aromatic rings. The Bertz CT molecular complexity index is 819. The van der Waals surface area contributed by atoms with Gasteiger partial charge in [0.1, 0.15) is 11.4 Å². The van der Waals surface area contributed by atoms with Crippen LogP contribution in [0, 0.1) is 0 Å². The average Bonchev–Trinajstić information content (AvgIpc) is 3.40. The van der Waals surface area contributed by atoms with Crippen LogP contribution in [0.5, 0.6) is 0 Å². The van der Waals surface area contributed by atoms with Crippen molar-refractivity contribution < 1.29 is 14.0 Å². The maximum atomic E-state index is 13.0. The minimum absolute atomic E-state index is 0.0415. The van der Waals surface area contributed by atoms with Crippen molar-refractivity contribution in [3.05, 3.63) is 60.1 Å². The first-order valence-corrected chi connectivity index (χ1v) is 11.2. The SMILES string of the molecule is CC(=O)N1C(C(=O)NC2CCN(Cc3ccccc3)CC2)CSC1c1ccoc1. The number of rotatable bonds is 5. The number of carbonyl (C=O) groups excluding carboxylic acids is 2. The summed E-state index contributed by atoms with van der Waals surface area (Å²) in [6.07, 6.45) is 5.12. The van der Waals surface area contributed by atoms with E-state index in [9.17, 15) is 9.59 Å². The van der Waals surface area contributed by atoms with E-state index in [4.69, 9.17) is 4.42 Å². The molecule has 1 N–H and O–H groups in total. The van der Waals surface area contributed by atoms with Gasteiger partial charge in [0.15, 0.2) is 0 Å². The van der Waals surface area contributed by atoms with Crippen molar-refractivity contribution in [2.45, 2.75) is 43.8 Å². The lowest BCUT2D eigenvalue weighted by molar-refractivity contribution is -0.138. The molecule has 154 valence electrons. The summed E-state index contributed by atoms with van der Waals surface area (Å²) in [5, 5.41) is 3.04. The van der Waals surface area contributed by atoms with Gasteiger partial charge in [0.25, 0.3) is 0 Å². The van der Waals surface area contributed by atoms with Crippen LogP contribution in [0.2, 0.25) is 0 Å². The molecule has 2 aliphatic rings. The van der Waals surface area contributed by atoms with Crippen molar-refractivity contribution >= 4 is 23.6 Å². The summed E-state index contributed by atoms with van der Waals surface area (Å²) in [6, 6.07) is 12.1. The summed E-state index contributed by atoms with van der Waals surface area (Å²) in [4.78, 5) is 29.4. The second-order valence-corrected chi connectivity index (χ2v) is 8.84. The largest absolute Gasteiger partial charge is 0.472 e. The Labute approximate surface area is 175 Å². The number of piperidine rings is 1. The van der Waals surface area contributed by atoms with E-state index in [0.29, 0.717) is 5.75 Å². The number of nitrogens with zero attached hydrogens (tertiary/aromatic N) is 2. The van der Waals surface area contributed by atoms with E-state index in [0.717, 1.165) is 38.0 Å². The molecule has 29 heavy (non-hydrogen) atoms. The number of carbonyl (C=O) groups is 2. The zero-order valence-electron chi connectivity index (χ0n) is 16.6. The van der Waals surface area contributed by atoms with Gasteiger partial charge in [-0.3, -0.25) is 14.5 Å². The molecule has 7 heteroatoms. The average molecular weight is 414 g/mol. The normalized spacial score (nSPS) is 23.3. The molecule has 2 unspecified atom stereocenters. The number of hydrogen-bond donors (Lipinski definition) is 1. The minimum atomic E-state index is -0.431. The number of thioether (sulfide) groups is 1. The van der Waals surface area contributed by atoms with Crippen LogP contribution < -0.4 is 5.32 Å². The number of amides is 2. The fourth-order valence-electron chi connectivity index (χ4n) is 4.14. The van der Waals surface area contributed by atoms with Gasteiger partial charge in [-0.15, -0.1) is 11.8 Å². The highest BCUT2D eigenvalue weighted by atomic mass is 32.2. The van der Waals surface area contributed by atoms with Crippen LogP contribution in [0.15, 0.2) is 53.3 Å². The number of nitrogens with one attached hydrogen (secondary N) is 1. The standard InChI is InChI=1S/C22H27N3O3S/c1-16(26)25-20(15-29-22(25)18-9-12-28-14-18)21(27)23-19-7-10-24(11-8-19)13-17-5-3-2-4-6-17/h2-6,9,12,14,19-20,22H,7-8,10-11,13,15H2,1H3,(H,23,27). The Morgan fingerprint density at radius 2 is 1.93 bits per heavy atom. The van der Waals surface area contributed by atoms with Gasteiger partial charge in [0.2, 0.25) is 11.8 Å². The summed E-state index contributed by atoms with van der Waals surface area (Å²) >= 11 is 1.61. The predicted molar refractivity (Wildman–Crippen MR) is 113 cm³/mol. The third-order valence-electron chi connectivity index (χ3n) is 5.68. The molecule has 4 rings (SSSR count). The first-order chi connectivity index (χ1) is 14.1. The molecule has 1 aromatic carbocycles. The van der Waals surface area contributed by atoms with Crippen LogP contribution in [-0.4, -0.2) is 52.5 Å². The van der Waals surface area contributed by atoms with Crippen molar-refractivity contribution in [2.75, 3.05) is 18.8 Å². The highest BCUT2D eigenvalue weighted by molar-refractivity contribution is 7.99. The molecule has 2 saturated heterocycles. The summed E-state index contributed by atoms with van der Waals surface area (Å²) in [7, 11) is 0. The molecule has 2 amide bonds. The number of likely N-dealkylation sites (tertiary alicyclic amines) is 1. The van der Waals surface area contributed by atoms with Crippen molar-refractivity contribution in [3.63, 3.8) is 0 Å². The van der Waals surface area contributed by atoms with Crippen molar-refractivity contribution in [3.8, 4) is 0 Å². The number of furan rings is 1. The maximum absolute atomic E-state index is 13.0. The molecule has 2 fully saturated rings. The van der Waals surface area contributed by atoms with Gasteiger partial charge in [-0.05, 0) is 24.5 Å². The van der Waals surface area contributed by atoms with Crippen LogP contribution in [-0.2, 0) is 16.1 Å². The highest BCUT2D eigenvalue weighted by Gasteiger charge is 2.41. The lowest BCUT2D eigenvalue weighted by Crippen LogP contribution is -2.52. The summed E-state index contributed by atoms with van der Waals surface area (Å²) in [5.41, 5.74) is 2.25. The number of benzene rings is 1. The first-order valence-electron chi connectivity index (χ1n) is 10.1. The molecular formula is C22H27N3O3S. The Morgan fingerprint density at radius 1 is 1.17 bits per heavy atom. The molecule has 3 heterocycles. The van der Waals surface area contributed by atoms with Crippen LogP contribution in [0.4, 0.5) is 0 Å². The monoisotopic (exact) mass is 413 g/mol. The lowest BCUT2D eigenvalue weighted by Gasteiger charge is -2.34. The molecule has 2 aliphatic heterocycles. The van der Waals surface area contributed by atoms with Gasteiger partial charge in [0, 0.05) is 43.9 Å². The molecule has 0 saturated carbocycles. The quantitative estimate of drug-likeness (QED) is 0.816. The number of hydrogen-bond acceptors (Lipinski definition) is 5. The molecule has 0 aliphatic carbocycles. The van der Waals surface area contributed by atoms with Crippen molar-refractivity contribution in [1.82, 2.24) is 15.1 Å². The van der Waals surface area contributed by atoms with E-state index in [1.165, 1.54) is 12.5 Å². The van der Waals surface area contributed by atoms with Gasteiger partial charge in [-0.1, -0.05) is 30.3 Å². The Morgan fingerprint density at radius 3 is 2.59 bits per heavy atom. The van der Waals surface area contributed by atoms with Crippen LogP contribution in [0.25, 0.3) is 0 Å². The van der Waals surface area contributed by atoms with Crippen LogP contribution >= 0.6 is 11.8 Å². The molecule has 6 nitrogen and oxygen atoms in total. The van der Waals surface area contributed by atoms with Gasteiger partial charge < -0.3 is 14.6 Å². The summed E-state index contributed by atoms with van der Waals surface area (Å²) < 4.78 is 5.17. The van der Waals surface area contributed by atoms with Gasteiger partial charge >= 0.3 is 0 Å². The van der Waals surface area contributed by atoms with E-state index in [2.05, 4.69) is 34.5 Å². The van der Waals surface area contributed by atoms with E-state index in [1.807, 2.05) is 12.1 Å². The van der Waals surface area contributed by atoms with Crippen molar-refractivity contribution in [2.24, 2.45) is 0 Å². The Kier molecular flexibility index (Phi) is 6.25. The first kappa shape index (κ1) is 20.0. The van der Waals surface area contributed by atoms with E-state index in [-0.39, 0.29) is 23.2 Å². The second kappa shape index (κ2) is 9.05. The van der Waals surface area contributed by atoms with E-state index >= 15 is 0 Å². The molecular weight excluding hydrogens is 386 g/mol. The zero-order chi connectivity index (χ0) is 20.2. The lowest BCUT2D eigenvalue weighted by atomic mass is 10.0. The summed E-state index contributed by atoms with van der Waals surface area (Å²) in [5.74, 6) is 0.480. The van der Waals surface area contributed by atoms with Gasteiger partial charge in [-0.2, -0.15) is 0 Å². The third-order valence-corrected chi connectivity index (χ3v) is 7.00. The second-order valence-electron chi connectivity index (χ2n) is 7.73. The van der Waals surface area contributed by atoms with E-state index in [1.54, 1.807) is 29.2 Å². The third kappa shape index (κ3) is 4.67. The molecule has 2 atom stereocenters. The van der Waals surface area contributed by atoms with Gasteiger partial charge in [-0.25, -0.2) is 0 Å². The summed E-state index contributed by atoms with van der Waals surface area (Å²) in [6.45, 7) is 4.41. The van der Waals surface area contributed by atoms with Crippen LogP contribution in [0.3, 0.4) is 0 Å². The maximum Gasteiger partial charge on any atom is 0.243 e. The zero-order valence-corrected chi connectivity index (χ0v) is 17.4. The predicted octanol–water partition coefficient (Wildman–Crippen LogP) is 3.02. The fraction of sp³-hybridized carbons (Fsp3) is 0.455. The topological polar surface area (TPSA) is 65.8 Å². The molecule has 0 bridgehead atoms. The molecule has 0 radical (unpaired) electrons. The van der Waals surface area contributed by atoms with Crippen molar-refractivity contribution in [1.29, 1.82) is 0 Å². The van der Waals surface area contributed by atoms with Gasteiger partial charge in [0.05, 0.1) is 12.5 Å². The molecule has 1 aromatic heterocycles. The van der Waals surface area contributed by atoms with Crippen LogP contribution in [0.1, 0.15) is 36.3 Å².